The van der Waals surface area contributed by atoms with E-state index in [-0.39, 0.29) is 17.7 Å². The van der Waals surface area contributed by atoms with E-state index >= 15 is 0 Å². The van der Waals surface area contributed by atoms with E-state index in [0.29, 0.717) is 30.8 Å². The third-order valence-electron chi connectivity index (χ3n) is 4.67. The third-order valence-corrected chi connectivity index (χ3v) is 4.67. The number of hydrogen-bond donors (Lipinski definition) is 2. The van der Waals surface area contributed by atoms with Gasteiger partial charge in [0.2, 0.25) is 17.7 Å². The first kappa shape index (κ1) is 18.6. The highest BCUT2D eigenvalue weighted by molar-refractivity contribution is 6.13. The van der Waals surface area contributed by atoms with Crippen molar-refractivity contribution >= 4 is 29.1 Å². The van der Waals surface area contributed by atoms with Crippen molar-refractivity contribution < 1.29 is 14.4 Å². The number of amides is 3. The van der Waals surface area contributed by atoms with Crippen LogP contribution in [0, 0.1) is 5.41 Å². The summed E-state index contributed by atoms with van der Waals surface area (Å²) >= 11 is 0. The Morgan fingerprint density at radius 3 is 2.00 bits per heavy atom. The monoisotopic (exact) mass is 365 g/mol. The largest absolute Gasteiger partial charge is 0.340 e. The smallest absolute Gasteiger partial charge is 0.240 e. The van der Waals surface area contributed by atoms with Crippen LogP contribution < -0.4 is 10.6 Å². The predicted octanol–water partition coefficient (Wildman–Crippen LogP) is 3.02. The number of nitrogens with one attached hydrogen (secondary N) is 2. The molecule has 3 amide bonds. The predicted molar refractivity (Wildman–Crippen MR) is 104 cm³/mol. The maximum absolute atomic E-state index is 12.9. The summed E-state index contributed by atoms with van der Waals surface area (Å²) in [6, 6.07) is 16.5. The molecule has 2 aromatic carbocycles. The zero-order valence-corrected chi connectivity index (χ0v) is 15.5. The first-order valence-electron chi connectivity index (χ1n) is 8.89. The van der Waals surface area contributed by atoms with Crippen molar-refractivity contribution in [1.29, 1.82) is 0 Å². The summed E-state index contributed by atoms with van der Waals surface area (Å²) < 4.78 is 0. The maximum atomic E-state index is 12.9. The summed E-state index contributed by atoms with van der Waals surface area (Å²) in [6.07, 6.45) is 1.11. The van der Waals surface area contributed by atoms with Gasteiger partial charge in [0.1, 0.15) is 5.41 Å². The molecule has 6 nitrogen and oxygen atoms in total. The van der Waals surface area contributed by atoms with E-state index < -0.39 is 5.41 Å². The van der Waals surface area contributed by atoms with Crippen molar-refractivity contribution in [3.8, 4) is 0 Å². The number of carbonyl (C=O) groups excluding carboxylic acids is 3. The molecule has 0 saturated heterocycles. The molecular weight excluding hydrogens is 342 g/mol. The Balaban J connectivity index is 1.63. The minimum atomic E-state index is -0.972. The van der Waals surface area contributed by atoms with Crippen LogP contribution in [-0.2, 0) is 20.9 Å². The SMILES string of the molecule is CC(=O)Nc1ccc(NC(=O)C2(C(=O)N(C)Cc3ccccc3)CC2)cc1. The van der Waals surface area contributed by atoms with Gasteiger partial charge in [-0.25, -0.2) is 0 Å². The Bertz CT molecular complexity index is 843. The van der Waals surface area contributed by atoms with Gasteiger partial charge in [-0.15, -0.1) is 0 Å². The molecular formula is C21H23N3O3. The Labute approximate surface area is 158 Å². The molecule has 0 spiro atoms. The van der Waals surface area contributed by atoms with Crippen molar-refractivity contribution in [1.82, 2.24) is 4.90 Å². The van der Waals surface area contributed by atoms with E-state index in [1.807, 2.05) is 30.3 Å². The van der Waals surface area contributed by atoms with Gasteiger partial charge in [0, 0.05) is 31.9 Å². The number of rotatable bonds is 6. The molecule has 3 rings (SSSR count). The minimum absolute atomic E-state index is 0.154. The van der Waals surface area contributed by atoms with E-state index in [0.717, 1.165) is 5.56 Å². The number of carbonyl (C=O) groups is 3. The van der Waals surface area contributed by atoms with Gasteiger partial charge in [0.15, 0.2) is 0 Å². The number of nitrogens with zero attached hydrogens (tertiary/aromatic N) is 1. The topological polar surface area (TPSA) is 78.5 Å². The van der Waals surface area contributed by atoms with E-state index in [2.05, 4.69) is 10.6 Å². The van der Waals surface area contributed by atoms with Gasteiger partial charge in [-0.05, 0) is 42.7 Å². The highest BCUT2D eigenvalue weighted by Gasteiger charge is 2.57. The van der Waals surface area contributed by atoms with Gasteiger partial charge in [0.05, 0.1) is 0 Å². The van der Waals surface area contributed by atoms with Crippen molar-refractivity contribution in [3.63, 3.8) is 0 Å². The molecule has 0 heterocycles. The summed E-state index contributed by atoms with van der Waals surface area (Å²) in [4.78, 5) is 38.3. The Morgan fingerprint density at radius 1 is 0.926 bits per heavy atom. The molecule has 2 N–H and O–H groups in total. The lowest BCUT2D eigenvalue weighted by Gasteiger charge is -2.23. The summed E-state index contributed by atoms with van der Waals surface area (Å²) in [7, 11) is 1.73. The summed E-state index contributed by atoms with van der Waals surface area (Å²) in [6.45, 7) is 1.91. The zero-order valence-electron chi connectivity index (χ0n) is 15.5. The molecule has 1 saturated carbocycles. The lowest BCUT2D eigenvalue weighted by atomic mass is 10.0. The van der Waals surface area contributed by atoms with Crippen LogP contribution in [0.3, 0.4) is 0 Å². The molecule has 6 heteroatoms. The van der Waals surface area contributed by atoms with Crippen molar-refractivity contribution in [3.05, 3.63) is 60.2 Å². The lowest BCUT2D eigenvalue weighted by Crippen LogP contribution is -2.40. The third kappa shape index (κ3) is 4.34. The first-order valence-corrected chi connectivity index (χ1v) is 8.89. The molecule has 1 aliphatic rings. The summed E-state index contributed by atoms with van der Waals surface area (Å²) in [5.41, 5.74) is 1.30. The second kappa shape index (κ2) is 7.61. The zero-order chi connectivity index (χ0) is 19.4. The van der Waals surface area contributed by atoms with Crippen LogP contribution >= 0.6 is 0 Å². The molecule has 27 heavy (non-hydrogen) atoms. The van der Waals surface area contributed by atoms with Crippen LogP contribution in [0.4, 0.5) is 11.4 Å². The molecule has 1 aliphatic carbocycles. The summed E-state index contributed by atoms with van der Waals surface area (Å²) in [5.74, 6) is -0.589. The van der Waals surface area contributed by atoms with E-state index in [1.54, 1.807) is 36.2 Å². The Hall–Kier alpha value is -3.15. The number of anilines is 2. The van der Waals surface area contributed by atoms with Gasteiger partial charge in [-0.3, -0.25) is 14.4 Å². The van der Waals surface area contributed by atoms with Crippen LogP contribution in [0.25, 0.3) is 0 Å². The summed E-state index contributed by atoms with van der Waals surface area (Å²) in [5, 5.41) is 5.50. The highest BCUT2D eigenvalue weighted by Crippen LogP contribution is 2.48. The van der Waals surface area contributed by atoms with Crippen LogP contribution in [0.1, 0.15) is 25.3 Å². The molecule has 140 valence electrons. The molecule has 0 aliphatic heterocycles. The Morgan fingerprint density at radius 2 is 1.48 bits per heavy atom. The standard InChI is InChI=1S/C21H23N3O3/c1-15(25)22-17-8-10-18(11-9-17)23-19(26)21(12-13-21)20(27)24(2)14-16-6-4-3-5-7-16/h3-11H,12-14H2,1-2H3,(H,22,25)(H,23,26). The van der Waals surface area contributed by atoms with Crippen LogP contribution in [0.2, 0.25) is 0 Å². The maximum Gasteiger partial charge on any atom is 0.240 e. The van der Waals surface area contributed by atoms with Crippen LogP contribution in [0.5, 0.6) is 0 Å². The van der Waals surface area contributed by atoms with Crippen molar-refractivity contribution in [2.45, 2.75) is 26.3 Å². The fourth-order valence-electron chi connectivity index (χ4n) is 3.05. The first-order chi connectivity index (χ1) is 12.9. The molecule has 0 unspecified atom stereocenters. The van der Waals surface area contributed by atoms with E-state index in [1.165, 1.54) is 6.92 Å². The highest BCUT2D eigenvalue weighted by atomic mass is 16.2. The lowest BCUT2D eigenvalue weighted by molar-refractivity contribution is -0.141. The van der Waals surface area contributed by atoms with Gasteiger partial charge < -0.3 is 15.5 Å². The van der Waals surface area contributed by atoms with Crippen LogP contribution in [-0.4, -0.2) is 29.7 Å². The van der Waals surface area contributed by atoms with Crippen molar-refractivity contribution in [2.75, 3.05) is 17.7 Å². The van der Waals surface area contributed by atoms with Gasteiger partial charge in [-0.1, -0.05) is 30.3 Å². The van der Waals surface area contributed by atoms with Gasteiger partial charge in [-0.2, -0.15) is 0 Å². The average molecular weight is 365 g/mol. The van der Waals surface area contributed by atoms with Gasteiger partial charge >= 0.3 is 0 Å². The molecule has 1 fully saturated rings. The second-order valence-corrected chi connectivity index (χ2v) is 6.94. The van der Waals surface area contributed by atoms with Crippen LogP contribution in [0.15, 0.2) is 54.6 Å². The molecule has 0 bridgehead atoms. The number of benzene rings is 2. The quantitative estimate of drug-likeness (QED) is 0.773. The normalized spacial score (nSPS) is 14.1. The molecule has 0 atom stereocenters. The molecule has 0 radical (unpaired) electrons. The fourth-order valence-corrected chi connectivity index (χ4v) is 3.05. The minimum Gasteiger partial charge on any atom is -0.340 e. The second-order valence-electron chi connectivity index (χ2n) is 6.94. The van der Waals surface area contributed by atoms with E-state index in [4.69, 9.17) is 0 Å². The Kier molecular flexibility index (Phi) is 5.26. The van der Waals surface area contributed by atoms with Gasteiger partial charge in [0.25, 0.3) is 0 Å². The molecule has 2 aromatic rings. The number of hydrogen-bond acceptors (Lipinski definition) is 3. The van der Waals surface area contributed by atoms with Crippen molar-refractivity contribution in [2.24, 2.45) is 5.41 Å². The average Bonchev–Trinajstić information content (AvgIpc) is 3.45. The molecule has 0 aromatic heterocycles. The van der Waals surface area contributed by atoms with E-state index in [9.17, 15) is 14.4 Å². The fraction of sp³-hybridized carbons (Fsp3) is 0.286.